The Morgan fingerprint density at radius 2 is 1.80 bits per heavy atom. The minimum atomic E-state index is -0.280. The summed E-state index contributed by atoms with van der Waals surface area (Å²) in [7, 11) is 0. The first-order valence-electron chi connectivity index (χ1n) is 9.51. The minimum absolute atomic E-state index is 0.252. The second-order valence-electron chi connectivity index (χ2n) is 6.54. The van der Waals surface area contributed by atoms with Gasteiger partial charge in [-0.15, -0.1) is 11.3 Å². The summed E-state index contributed by atoms with van der Waals surface area (Å²) in [5.41, 5.74) is 2.83. The quantitative estimate of drug-likeness (QED) is 0.376. The Morgan fingerprint density at radius 3 is 2.57 bits per heavy atom. The predicted octanol–water partition coefficient (Wildman–Crippen LogP) is 3.95. The van der Waals surface area contributed by atoms with Crippen molar-refractivity contribution in [2.24, 2.45) is 0 Å². The summed E-state index contributed by atoms with van der Waals surface area (Å²) in [4.78, 5) is 25.7. The number of rotatable bonds is 8. The van der Waals surface area contributed by atoms with E-state index in [-0.39, 0.29) is 17.6 Å². The molecule has 0 saturated carbocycles. The van der Waals surface area contributed by atoms with Gasteiger partial charge in [-0.05, 0) is 35.6 Å². The van der Waals surface area contributed by atoms with Gasteiger partial charge in [0.2, 0.25) is 0 Å². The number of thiophene rings is 1. The van der Waals surface area contributed by atoms with Crippen molar-refractivity contribution in [3.8, 4) is 21.7 Å². The maximum atomic E-state index is 12.4. The fourth-order valence-corrected chi connectivity index (χ4v) is 3.68. The molecule has 4 aromatic rings. The van der Waals surface area contributed by atoms with Gasteiger partial charge in [-0.1, -0.05) is 36.4 Å². The van der Waals surface area contributed by atoms with Crippen LogP contribution in [-0.2, 0) is 0 Å². The summed E-state index contributed by atoms with van der Waals surface area (Å²) in [6.07, 6.45) is 2.09. The van der Waals surface area contributed by atoms with Crippen LogP contribution in [0.4, 0.5) is 0 Å². The standard InChI is InChI=1S/C22H20N4O3S/c27-21(18-14-17(25-26-18)19-8-4-13-30-19)23-10-5-11-24-22(28)20-16(9-12-29-20)15-6-2-1-3-7-15/h1-4,6-9,12-14H,5,10-11H2,(H,23,27)(H,24,28)(H,25,26). The fraction of sp³-hybridized carbons (Fsp3) is 0.136. The van der Waals surface area contributed by atoms with E-state index in [1.165, 1.54) is 6.26 Å². The van der Waals surface area contributed by atoms with Crippen LogP contribution in [0.25, 0.3) is 21.7 Å². The summed E-state index contributed by atoms with van der Waals surface area (Å²) >= 11 is 1.58. The summed E-state index contributed by atoms with van der Waals surface area (Å²) < 4.78 is 5.37. The van der Waals surface area contributed by atoms with Crippen molar-refractivity contribution in [2.75, 3.05) is 13.1 Å². The summed E-state index contributed by atoms with van der Waals surface area (Å²) in [5.74, 6) is -0.251. The molecule has 0 spiro atoms. The monoisotopic (exact) mass is 420 g/mol. The number of H-pyrrole nitrogens is 1. The van der Waals surface area contributed by atoms with E-state index in [4.69, 9.17) is 4.42 Å². The van der Waals surface area contributed by atoms with Crippen molar-refractivity contribution in [1.29, 1.82) is 0 Å². The highest BCUT2D eigenvalue weighted by Crippen LogP contribution is 2.24. The zero-order chi connectivity index (χ0) is 20.8. The molecule has 3 heterocycles. The Bertz CT molecular complexity index is 1120. The molecule has 0 bridgehead atoms. The van der Waals surface area contributed by atoms with Crippen molar-refractivity contribution >= 4 is 23.2 Å². The van der Waals surface area contributed by atoms with Gasteiger partial charge in [-0.3, -0.25) is 14.7 Å². The molecule has 3 N–H and O–H groups in total. The third kappa shape index (κ3) is 4.49. The first-order valence-corrected chi connectivity index (χ1v) is 10.4. The smallest absolute Gasteiger partial charge is 0.287 e. The van der Waals surface area contributed by atoms with Crippen LogP contribution in [0.3, 0.4) is 0 Å². The van der Waals surface area contributed by atoms with Gasteiger partial charge in [0, 0.05) is 18.7 Å². The molecule has 0 fully saturated rings. The molecule has 0 saturated heterocycles. The van der Waals surface area contributed by atoms with Gasteiger partial charge in [0.15, 0.2) is 11.5 Å². The van der Waals surface area contributed by atoms with Crippen LogP contribution < -0.4 is 10.6 Å². The Morgan fingerprint density at radius 1 is 1.00 bits per heavy atom. The van der Waals surface area contributed by atoms with Crippen LogP contribution >= 0.6 is 11.3 Å². The second-order valence-corrected chi connectivity index (χ2v) is 7.49. The first-order chi connectivity index (χ1) is 14.7. The van der Waals surface area contributed by atoms with Crippen molar-refractivity contribution in [3.05, 3.63) is 77.7 Å². The lowest BCUT2D eigenvalue weighted by molar-refractivity contribution is 0.0926. The van der Waals surface area contributed by atoms with Gasteiger partial charge in [0.25, 0.3) is 11.8 Å². The normalized spacial score (nSPS) is 10.7. The van der Waals surface area contributed by atoms with Crippen LogP contribution in [0.1, 0.15) is 27.5 Å². The average Bonchev–Trinajstić information content (AvgIpc) is 3.54. The Labute approximate surface area is 177 Å². The van der Waals surface area contributed by atoms with Crippen molar-refractivity contribution in [2.45, 2.75) is 6.42 Å². The third-order valence-corrected chi connectivity index (χ3v) is 5.38. The number of furan rings is 1. The number of carbonyl (C=O) groups excluding carboxylic acids is 2. The molecular weight excluding hydrogens is 400 g/mol. The van der Waals surface area contributed by atoms with Crippen LogP contribution in [0.2, 0.25) is 0 Å². The molecular formula is C22H20N4O3S. The van der Waals surface area contributed by atoms with Gasteiger partial charge in [-0.2, -0.15) is 5.10 Å². The molecule has 152 valence electrons. The van der Waals surface area contributed by atoms with E-state index in [9.17, 15) is 9.59 Å². The van der Waals surface area contributed by atoms with Crippen molar-refractivity contribution < 1.29 is 14.0 Å². The predicted molar refractivity (Wildman–Crippen MR) is 115 cm³/mol. The number of aromatic amines is 1. The molecule has 0 aliphatic rings. The largest absolute Gasteiger partial charge is 0.459 e. The maximum absolute atomic E-state index is 12.4. The highest BCUT2D eigenvalue weighted by molar-refractivity contribution is 7.13. The fourth-order valence-electron chi connectivity index (χ4n) is 2.99. The molecule has 7 nitrogen and oxygen atoms in total. The van der Waals surface area contributed by atoms with E-state index in [2.05, 4.69) is 20.8 Å². The molecule has 3 aromatic heterocycles. The lowest BCUT2D eigenvalue weighted by Gasteiger charge is -2.06. The highest BCUT2D eigenvalue weighted by atomic mass is 32.1. The summed E-state index contributed by atoms with van der Waals surface area (Å²) in [6, 6.07) is 17.0. The Kier molecular flexibility index (Phi) is 6.05. The SMILES string of the molecule is O=C(NCCCNC(=O)c1occc1-c1ccccc1)c1cc(-c2cccs2)[nH]n1. The number of nitrogens with zero attached hydrogens (tertiary/aromatic N) is 1. The van der Waals surface area contributed by atoms with Crippen LogP contribution in [0.5, 0.6) is 0 Å². The second kappa shape index (κ2) is 9.23. The highest BCUT2D eigenvalue weighted by Gasteiger charge is 2.16. The molecule has 1 aromatic carbocycles. The van der Waals surface area contributed by atoms with E-state index in [0.717, 1.165) is 21.7 Å². The molecule has 8 heteroatoms. The molecule has 0 radical (unpaired) electrons. The van der Waals surface area contributed by atoms with Crippen LogP contribution in [-0.4, -0.2) is 35.1 Å². The lowest BCUT2D eigenvalue weighted by Crippen LogP contribution is -2.30. The first kappa shape index (κ1) is 19.7. The summed E-state index contributed by atoms with van der Waals surface area (Å²) in [5, 5.41) is 14.5. The average molecular weight is 420 g/mol. The third-order valence-electron chi connectivity index (χ3n) is 4.48. The molecule has 0 aliphatic heterocycles. The van der Waals surface area contributed by atoms with Crippen LogP contribution in [0, 0.1) is 0 Å². The Balaban J connectivity index is 1.23. The minimum Gasteiger partial charge on any atom is -0.459 e. The van der Waals surface area contributed by atoms with Gasteiger partial charge < -0.3 is 15.1 Å². The van der Waals surface area contributed by atoms with Gasteiger partial charge in [-0.25, -0.2) is 0 Å². The zero-order valence-corrected chi connectivity index (χ0v) is 16.9. The number of hydrogen-bond donors (Lipinski definition) is 3. The van der Waals surface area contributed by atoms with Crippen LogP contribution in [0.15, 0.2) is 70.7 Å². The zero-order valence-electron chi connectivity index (χ0n) is 16.1. The number of nitrogens with one attached hydrogen (secondary N) is 3. The number of aromatic nitrogens is 2. The molecule has 30 heavy (non-hydrogen) atoms. The molecule has 2 amide bonds. The van der Waals surface area contributed by atoms with E-state index in [1.807, 2.05) is 47.8 Å². The number of carbonyl (C=O) groups is 2. The molecule has 0 aliphatic carbocycles. The maximum Gasteiger partial charge on any atom is 0.287 e. The number of amides is 2. The summed E-state index contributed by atoms with van der Waals surface area (Å²) in [6.45, 7) is 0.832. The molecule has 0 atom stereocenters. The van der Waals surface area contributed by atoms with Gasteiger partial charge in [0.05, 0.1) is 16.8 Å². The number of hydrogen-bond acceptors (Lipinski definition) is 5. The van der Waals surface area contributed by atoms with E-state index < -0.39 is 0 Å². The van der Waals surface area contributed by atoms with Gasteiger partial charge in [0.1, 0.15) is 0 Å². The Hall–Kier alpha value is -3.65. The number of benzene rings is 1. The van der Waals surface area contributed by atoms with Crippen molar-refractivity contribution in [1.82, 2.24) is 20.8 Å². The lowest BCUT2D eigenvalue weighted by atomic mass is 10.1. The molecule has 0 unspecified atom stereocenters. The van der Waals surface area contributed by atoms with E-state index >= 15 is 0 Å². The van der Waals surface area contributed by atoms with Crippen molar-refractivity contribution in [3.63, 3.8) is 0 Å². The van der Waals surface area contributed by atoms with E-state index in [0.29, 0.717) is 25.2 Å². The molecule has 4 rings (SSSR count). The van der Waals surface area contributed by atoms with Gasteiger partial charge >= 0.3 is 0 Å². The van der Waals surface area contributed by atoms with E-state index in [1.54, 1.807) is 23.5 Å². The topological polar surface area (TPSA) is 100 Å².